The molecule has 1 N–H and O–H groups in total. The molecule has 1 aliphatic carbocycles. The zero-order valence-corrected chi connectivity index (χ0v) is 13.4. The van der Waals surface area contributed by atoms with Crippen LogP contribution in [-0.2, 0) is 18.3 Å². The fourth-order valence-electron chi connectivity index (χ4n) is 3.39. The van der Waals surface area contributed by atoms with Gasteiger partial charge in [-0.05, 0) is 38.7 Å². The summed E-state index contributed by atoms with van der Waals surface area (Å²) in [6.07, 6.45) is 5.79. The maximum absolute atomic E-state index is 12.5. The first-order valence-corrected chi connectivity index (χ1v) is 7.94. The number of aromatic nitrogens is 2. The lowest BCUT2D eigenvalue weighted by atomic mass is 10.1. The standard InChI is InChI=1S/C16H27N3O2/c1-12-15(13(2)18(3)17-12)8-9-16(21)19(10-11-20)14-6-4-5-7-14/h14,20H,4-11H2,1-3H3. The van der Waals surface area contributed by atoms with Crippen LogP contribution in [0.25, 0.3) is 0 Å². The van der Waals surface area contributed by atoms with E-state index >= 15 is 0 Å². The number of aliphatic hydroxyl groups is 1. The van der Waals surface area contributed by atoms with E-state index < -0.39 is 0 Å². The highest BCUT2D eigenvalue weighted by molar-refractivity contribution is 5.77. The van der Waals surface area contributed by atoms with E-state index in [2.05, 4.69) is 5.10 Å². The Morgan fingerprint density at radius 3 is 2.57 bits per heavy atom. The van der Waals surface area contributed by atoms with Crippen LogP contribution in [0.2, 0.25) is 0 Å². The SMILES string of the molecule is Cc1nn(C)c(C)c1CCC(=O)N(CCO)C1CCCC1. The Labute approximate surface area is 126 Å². The van der Waals surface area contributed by atoms with Crippen molar-refractivity contribution in [1.29, 1.82) is 0 Å². The molecule has 5 nitrogen and oxygen atoms in total. The van der Waals surface area contributed by atoms with Gasteiger partial charge in [0.25, 0.3) is 0 Å². The molecule has 1 saturated carbocycles. The summed E-state index contributed by atoms with van der Waals surface area (Å²) in [5.74, 6) is 0.165. The van der Waals surface area contributed by atoms with E-state index in [-0.39, 0.29) is 12.5 Å². The topological polar surface area (TPSA) is 58.4 Å². The van der Waals surface area contributed by atoms with Crippen molar-refractivity contribution in [2.75, 3.05) is 13.2 Å². The quantitative estimate of drug-likeness (QED) is 0.869. The molecule has 1 heterocycles. The molecule has 5 heteroatoms. The third-order valence-corrected chi connectivity index (χ3v) is 4.67. The summed E-state index contributed by atoms with van der Waals surface area (Å²) in [6, 6.07) is 0.334. The van der Waals surface area contributed by atoms with Crippen LogP contribution in [0.3, 0.4) is 0 Å². The number of hydrogen-bond donors (Lipinski definition) is 1. The molecule has 0 unspecified atom stereocenters. The average molecular weight is 293 g/mol. The van der Waals surface area contributed by atoms with Crippen LogP contribution >= 0.6 is 0 Å². The molecular formula is C16H27N3O2. The number of hydrogen-bond acceptors (Lipinski definition) is 3. The number of rotatable bonds is 6. The van der Waals surface area contributed by atoms with Crippen molar-refractivity contribution in [2.24, 2.45) is 7.05 Å². The third kappa shape index (κ3) is 3.64. The van der Waals surface area contributed by atoms with Crippen LogP contribution in [-0.4, -0.2) is 44.9 Å². The van der Waals surface area contributed by atoms with Crippen LogP contribution in [0.5, 0.6) is 0 Å². The number of nitrogens with zero attached hydrogens (tertiary/aromatic N) is 3. The lowest BCUT2D eigenvalue weighted by Crippen LogP contribution is -2.40. The summed E-state index contributed by atoms with van der Waals surface area (Å²) >= 11 is 0. The van der Waals surface area contributed by atoms with E-state index in [1.54, 1.807) is 0 Å². The molecule has 2 rings (SSSR count). The Morgan fingerprint density at radius 2 is 2.05 bits per heavy atom. The Balaban J connectivity index is 1.98. The molecular weight excluding hydrogens is 266 g/mol. The van der Waals surface area contributed by atoms with Crippen molar-refractivity contribution in [2.45, 2.75) is 58.4 Å². The fraction of sp³-hybridized carbons (Fsp3) is 0.750. The van der Waals surface area contributed by atoms with Crippen LogP contribution < -0.4 is 0 Å². The highest BCUT2D eigenvalue weighted by atomic mass is 16.3. The average Bonchev–Trinajstić information content (AvgIpc) is 3.05. The monoisotopic (exact) mass is 293 g/mol. The minimum atomic E-state index is 0.0488. The van der Waals surface area contributed by atoms with E-state index in [0.29, 0.717) is 19.0 Å². The van der Waals surface area contributed by atoms with Gasteiger partial charge in [-0.3, -0.25) is 9.48 Å². The molecule has 1 fully saturated rings. The molecule has 0 radical (unpaired) electrons. The Hall–Kier alpha value is -1.36. The second-order valence-electron chi connectivity index (χ2n) is 6.02. The molecule has 0 spiro atoms. The van der Waals surface area contributed by atoms with Gasteiger partial charge in [-0.25, -0.2) is 0 Å². The van der Waals surface area contributed by atoms with Crippen molar-refractivity contribution < 1.29 is 9.90 Å². The molecule has 118 valence electrons. The number of aryl methyl sites for hydroxylation is 2. The van der Waals surface area contributed by atoms with Crippen molar-refractivity contribution >= 4 is 5.91 Å². The zero-order valence-electron chi connectivity index (χ0n) is 13.4. The van der Waals surface area contributed by atoms with Gasteiger partial charge in [0.2, 0.25) is 5.91 Å². The van der Waals surface area contributed by atoms with Gasteiger partial charge in [-0.1, -0.05) is 12.8 Å². The predicted molar refractivity (Wildman–Crippen MR) is 82.1 cm³/mol. The largest absolute Gasteiger partial charge is 0.395 e. The summed E-state index contributed by atoms with van der Waals surface area (Å²) in [7, 11) is 1.93. The number of carbonyl (C=O) groups is 1. The van der Waals surface area contributed by atoms with Crippen molar-refractivity contribution in [3.05, 3.63) is 17.0 Å². The summed E-state index contributed by atoms with van der Waals surface area (Å²) in [5, 5.41) is 13.6. The second kappa shape index (κ2) is 7.07. The van der Waals surface area contributed by atoms with Crippen LogP contribution in [0.4, 0.5) is 0 Å². The number of aliphatic hydroxyl groups excluding tert-OH is 1. The Kier molecular flexibility index (Phi) is 5.39. The molecule has 0 bridgehead atoms. The summed E-state index contributed by atoms with van der Waals surface area (Å²) in [5.41, 5.74) is 3.33. The highest BCUT2D eigenvalue weighted by Crippen LogP contribution is 2.24. The molecule has 1 aromatic heterocycles. The van der Waals surface area contributed by atoms with E-state index in [1.807, 2.05) is 30.5 Å². The van der Waals surface area contributed by atoms with Crippen LogP contribution in [0.1, 0.15) is 49.1 Å². The van der Waals surface area contributed by atoms with E-state index in [4.69, 9.17) is 0 Å². The zero-order chi connectivity index (χ0) is 15.4. The van der Waals surface area contributed by atoms with Gasteiger partial charge in [0.15, 0.2) is 0 Å². The molecule has 0 aliphatic heterocycles. The lowest BCUT2D eigenvalue weighted by molar-refractivity contribution is -0.134. The minimum Gasteiger partial charge on any atom is -0.395 e. The van der Waals surface area contributed by atoms with E-state index in [9.17, 15) is 9.90 Å². The Bertz CT molecular complexity index is 490. The molecule has 0 saturated heterocycles. The smallest absolute Gasteiger partial charge is 0.223 e. The number of amides is 1. The highest BCUT2D eigenvalue weighted by Gasteiger charge is 2.26. The van der Waals surface area contributed by atoms with Gasteiger partial charge in [0, 0.05) is 31.7 Å². The van der Waals surface area contributed by atoms with Gasteiger partial charge in [-0.2, -0.15) is 5.10 Å². The summed E-state index contributed by atoms with van der Waals surface area (Å²) in [6.45, 7) is 4.55. The van der Waals surface area contributed by atoms with Gasteiger partial charge < -0.3 is 10.0 Å². The van der Waals surface area contributed by atoms with Crippen molar-refractivity contribution in [3.63, 3.8) is 0 Å². The van der Waals surface area contributed by atoms with Crippen LogP contribution in [0.15, 0.2) is 0 Å². The molecule has 1 amide bonds. The second-order valence-corrected chi connectivity index (χ2v) is 6.02. The normalized spacial score (nSPS) is 15.6. The van der Waals surface area contributed by atoms with E-state index in [0.717, 1.165) is 30.7 Å². The predicted octanol–water partition coefficient (Wildman–Crippen LogP) is 1.73. The van der Waals surface area contributed by atoms with E-state index in [1.165, 1.54) is 18.4 Å². The molecule has 0 aromatic carbocycles. The van der Waals surface area contributed by atoms with Gasteiger partial charge in [0.05, 0.1) is 12.3 Å². The first kappa shape index (κ1) is 16.0. The summed E-state index contributed by atoms with van der Waals surface area (Å²) < 4.78 is 1.87. The first-order chi connectivity index (χ1) is 10.0. The van der Waals surface area contributed by atoms with Gasteiger partial charge in [-0.15, -0.1) is 0 Å². The molecule has 21 heavy (non-hydrogen) atoms. The van der Waals surface area contributed by atoms with Gasteiger partial charge in [0.1, 0.15) is 0 Å². The fourth-order valence-corrected chi connectivity index (χ4v) is 3.39. The molecule has 0 atom stereocenters. The van der Waals surface area contributed by atoms with Gasteiger partial charge >= 0.3 is 0 Å². The molecule has 1 aliphatic rings. The van der Waals surface area contributed by atoms with Crippen molar-refractivity contribution in [3.8, 4) is 0 Å². The first-order valence-electron chi connectivity index (χ1n) is 7.94. The maximum atomic E-state index is 12.5. The van der Waals surface area contributed by atoms with Crippen molar-refractivity contribution in [1.82, 2.24) is 14.7 Å². The maximum Gasteiger partial charge on any atom is 0.223 e. The molecule has 1 aromatic rings. The third-order valence-electron chi connectivity index (χ3n) is 4.67. The number of carbonyl (C=O) groups excluding carboxylic acids is 1. The lowest BCUT2D eigenvalue weighted by Gasteiger charge is -2.28. The minimum absolute atomic E-state index is 0.0488. The van der Waals surface area contributed by atoms with Crippen LogP contribution in [0, 0.1) is 13.8 Å². The Morgan fingerprint density at radius 1 is 1.38 bits per heavy atom. The summed E-state index contributed by atoms with van der Waals surface area (Å²) in [4.78, 5) is 14.4.